The van der Waals surface area contributed by atoms with Crippen LogP contribution >= 0.6 is 0 Å². The van der Waals surface area contributed by atoms with Crippen molar-refractivity contribution >= 4 is 32.5 Å². The van der Waals surface area contributed by atoms with Crippen LogP contribution in [0.3, 0.4) is 0 Å². The molecule has 0 spiro atoms. The van der Waals surface area contributed by atoms with Crippen LogP contribution in [-0.4, -0.2) is 43.0 Å². The van der Waals surface area contributed by atoms with Gasteiger partial charge in [0.15, 0.2) is 0 Å². The average Bonchev–Trinajstić information content (AvgIpc) is 3.04. The molecule has 0 aliphatic heterocycles. The zero-order valence-corrected chi connectivity index (χ0v) is 17.1. The summed E-state index contributed by atoms with van der Waals surface area (Å²) >= 11 is 0. The Hall–Kier alpha value is -2.64. The van der Waals surface area contributed by atoms with Gasteiger partial charge in [-0.1, -0.05) is 36.4 Å². The molecule has 0 unspecified atom stereocenters. The van der Waals surface area contributed by atoms with E-state index in [9.17, 15) is 13.2 Å². The number of benzene rings is 2. The van der Waals surface area contributed by atoms with E-state index in [-0.39, 0.29) is 19.0 Å². The smallest absolute Gasteiger partial charge is 0.239 e. The highest BCUT2D eigenvalue weighted by Crippen LogP contribution is 2.20. The maximum atomic E-state index is 12.5. The summed E-state index contributed by atoms with van der Waals surface area (Å²) in [6, 6.07) is 13.6. The highest BCUT2D eigenvalue weighted by molar-refractivity contribution is 7.88. The summed E-state index contributed by atoms with van der Waals surface area (Å²) in [7, 11) is -3.52. The summed E-state index contributed by atoms with van der Waals surface area (Å²) in [6.07, 6.45) is 3.55. The van der Waals surface area contributed by atoms with E-state index in [1.54, 1.807) is 0 Å². The Balaban J connectivity index is 1.71. The molecule has 3 rings (SSSR count). The molecule has 6 nitrogen and oxygen atoms in total. The molecule has 0 atom stereocenters. The quantitative estimate of drug-likeness (QED) is 0.640. The molecule has 2 N–H and O–H groups in total. The number of rotatable bonds is 7. The molecule has 0 aliphatic carbocycles. The first kappa shape index (κ1) is 20.1. The molecule has 1 amide bonds. The lowest BCUT2D eigenvalue weighted by Gasteiger charge is -2.20. The van der Waals surface area contributed by atoms with Gasteiger partial charge < -0.3 is 10.3 Å². The van der Waals surface area contributed by atoms with E-state index in [0.29, 0.717) is 6.42 Å². The van der Waals surface area contributed by atoms with Gasteiger partial charge in [0, 0.05) is 29.3 Å². The maximum absolute atomic E-state index is 12.5. The van der Waals surface area contributed by atoms with Gasteiger partial charge in [0.1, 0.15) is 0 Å². The molecule has 1 aromatic heterocycles. The van der Waals surface area contributed by atoms with Gasteiger partial charge in [-0.2, -0.15) is 4.31 Å². The third-order valence-corrected chi connectivity index (χ3v) is 6.09. The van der Waals surface area contributed by atoms with Gasteiger partial charge in [-0.05, 0) is 43.0 Å². The number of carbonyl (C=O) groups excluding carboxylic acids is 1. The summed E-state index contributed by atoms with van der Waals surface area (Å²) < 4.78 is 25.6. The molecule has 148 valence electrons. The summed E-state index contributed by atoms with van der Waals surface area (Å²) in [5.41, 5.74) is 4.66. The molecule has 2 aromatic carbocycles. The molecule has 1 heterocycles. The predicted molar refractivity (Wildman–Crippen MR) is 113 cm³/mol. The van der Waals surface area contributed by atoms with Crippen LogP contribution < -0.4 is 5.32 Å². The Morgan fingerprint density at radius 3 is 2.43 bits per heavy atom. The van der Waals surface area contributed by atoms with Gasteiger partial charge in [-0.3, -0.25) is 4.79 Å². The number of H-pyrrole nitrogens is 1. The lowest BCUT2D eigenvalue weighted by molar-refractivity contribution is -0.116. The van der Waals surface area contributed by atoms with Gasteiger partial charge in [0.25, 0.3) is 0 Å². The highest BCUT2D eigenvalue weighted by atomic mass is 32.2. The third-order valence-electron chi connectivity index (χ3n) is 4.84. The highest BCUT2D eigenvalue weighted by Gasteiger charge is 2.21. The summed E-state index contributed by atoms with van der Waals surface area (Å²) in [4.78, 5) is 15.7. The van der Waals surface area contributed by atoms with Crippen LogP contribution in [0.2, 0.25) is 0 Å². The monoisotopic (exact) mass is 399 g/mol. The van der Waals surface area contributed by atoms with Crippen molar-refractivity contribution in [1.82, 2.24) is 9.29 Å². The van der Waals surface area contributed by atoms with Crippen molar-refractivity contribution in [1.29, 1.82) is 0 Å². The van der Waals surface area contributed by atoms with Crippen molar-refractivity contribution in [2.75, 3.05) is 24.7 Å². The van der Waals surface area contributed by atoms with Gasteiger partial charge >= 0.3 is 0 Å². The van der Waals surface area contributed by atoms with Gasteiger partial charge in [-0.25, -0.2) is 8.42 Å². The fourth-order valence-corrected chi connectivity index (χ4v) is 4.07. The standard InChI is InChI=1S/C21H25N3O3S/c1-15-7-6-8-16(2)21(15)23-20(25)14-24(28(3,26)27)12-11-17-13-22-19-10-5-4-9-18(17)19/h4-10,13,22H,11-12,14H2,1-3H3,(H,23,25). The Morgan fingerprint density at radius 2 is 1.75 bits per heavy atom. The maximum Gasteiger partial charge on any atom is 0.239 e. The Morgan fingerprint density at radius 1 is 1.07 bits per heavy atom. The second-order valence-electron chi connectivity index (χ2n) is 7.02. The number of fused-ring (bicyclic) bond motifs is 1. The van der Waals surface area contributed by atoms with Gasteiger partial charge in [0.2, 0.25) is 15.9 Å². The van der Waals surface area contributed by atoms with Crippen molar-refractivity contribution in [3.8, 4) is 0 Å². The molecule has 0 saturated heterocycles. The molecular weight excluding hydrogens is 374 g/mol. The molecular formula is C21H25N3O3S. The van der Waals surface area contributed by atoms with E-state index in [4.69, 9.17) is 0 Å². The number of amides is 1. The predicted octanol–water partition coefficient (Wildman–Crippen LogP) is 3.23. The third kappa shape index (κ3) is 4.61. The number of hydrogen-bond donors (Lipinski definition) is 2. The minimum atomic E-state index is -3.52. The van der Waals surface area contributed by atoms with E-state index in [1.807, 2.05) is 62.5 Å². The van der Waals surface area contributed by atoms with Crippen LogP contribution in [0.4, 0.5) is 5.69 Å². The van der Waals surface area contributed by atoms with Crippen molar-refractivity contribution in [2.45, 2.75) is 20.3 Å². The van der Waals surface area contributed by atoms with E-state index in [2.05, 4.69) is 10.3 Å². The fourth-order valence-electron chi connectivity index (χ4n) is 3.30. The number of aryl methyl sites for hydroxylation is 2. The number of anilines is 1. The number of carbonyl (C=O) groups is 1. The lowest BCUT2D eigenvalue weighted by Crippen LogP contribution is -2.38. The minimum Gasteiger partial charge on any atom is -0.361 e. The number of nitrogens with one attached hydrogen (secondary N) is 2. The van der Waals surface area contributed by atoms with Crippen LogP contribution in [0.25, 0.3) is 10.9 Å². The number of nitrogens with zero attached hydrogens (tertiary/aromatic N) is 1. The molecule has 0 aliphatic rings. The Labute approximate surface area is 165 Å². The topological polar surface area (TPSA) is 82.3 Å². The van der Waals surface area contributed by atoms with Gasteiger partial charge in [-0.15, -0.1) is 0 Å². The zero-order valence-electron chi connectivity index (χ0n) is 16.3. The summed E-state index contributed by atoms with van der Waals surface area (Å²) in [6.45, 7) is 3.84. The number of para-hydroxylation sites is 2. The van der Waals surface area contributed by atoms with Crippen molar-refractivity contribution in [2.24, 2.45) is 0 Å². The normalized spacial score (nSPS) is 11.9. The van der Waals surface area contributed by atoms with E-state index < -0.39 is 10.0 Å². The van der Waals surface area contributed by atoms with Crippen molar-refractivity contribution in [3.63, 3.8) is 0 Å². The van der Waals surface area contributed by atoms with E-state index in [0.717, 1.165) is 39.5 Å². The SMILES string of the molecule is Cc1cccc(C)c1NC(=O)CN(CCc1c[nH]c2ccccc12)S(C)(=O)=O. The first-order valence-corrected chi connectivity index (χ1v) is 11.0. The molecule has 0 bridgehead atoms. The second-order valence-corrected chi connectivity index (χ2v) is 9.00. The first-order chi connectivity index (χ1) is 13.3. The first-order valence-electron chi connectivity index (χ1n) is 9.12. The fraction of sp³-hybridized carbons (Fsp3) is 0.286. The van der Waals surface area contributed by atoms with Crippen LogP contribution in [0.15, 0.2) is 48.7 Å². The molecule has 0 radical (unpaired) electrons. The number of hydrogen-bond acceptors (Lipinski definition) is 3. The van der Waals surface area contributed by atoms with E-state index >= 15 is 0 Å². The molecule has 0 saturated carbocycles. The van der Waals surface area contributed by atoms with Crippen LogP contribution in [-0.2, 0) is 21.2 Å². The molecule has 7 heteroatoms. The largest absolute Gasteiger partial charge is 0.361 e. The molecule has 3 aromatic rings. The number of aromatic amines is 1. The second kappa shape index (κ2) is 8.16. The van der Waals surface area contributed by atoms with Crippen LogP contribution in [0.5, 0.6) is 0 Å². The van der Waals surface area contributed by atoms with Gasteiger partial charge in [0.05, 0.1) is 12.8 Å². The van der Waals surface area contributed by atoms with E-state index in [1.165, 1.54) is 4.31 Å². The number of sulfonamides is 1. The summed E-state index contributed by atoms with van der Waals surface area (Å²) in [5, 5.41) is 3.92. The molecule has 28 heavy (non-hydrogen) atoms. The summed E-state index contributed by atoms with van der Waals surface area (Å²) in [5.74, 6) is -0.346. The van der Waals surface area contributed by atoms with Crippen molar-refractivity contribution in [3.05, 3.63) is 65.4 Å². The van der Waals surface area contributed by atoms with Crippen molar-refractivity contribution < 1.29 is 13.2 Å². The molecule has 0 fully saturated rings. The zero-order chi connectivity index (χ0) is 20.3. The number of aromatic nitrogens is 1. The Bertz CT molecular complexity index is 1080. The minimum absolute atomic E-state index is 0.213. The lowest BCUT2D eigenvalue weighted by atomic mass is 10.1. The van der Waals surface area contributed by atoms with Crippen LogP contribution in [0.1, 0.15) is 16.7 Å². The van der Waals surface area contributed by atoms with Crippen LogP contribution in [0, 0.1) is 13.8 Å². The average molecular weight is 400 g/mol. The Kier molecular flexibility index (Phi) is 5.86.